The molecule has 0 atom stereocenters. The summed E-state index contributed by atoms with van der Waals surface area (Å²) in [6.45, 7) is 3.45. The Hall–Kier alpha value is -2.66. The fourth-order valence-corrected chi connectivity index (χ4v) is 2.35. The van der Waals surface area contributed by atoms with Crippen LogP contribution in [0.3, 0.4) is 0 Å². The lowest BCUT2D eigenvalue weighted by molar-refractivity contribution is 0.292. The van der Waals surface area contributed by atoms with Crippen molar-refractivity contribution in [3.63, 3.8) is 0 Å². The fraction of sp³-hybridized carbons (Fsp3) is 0.222. The molecule has 0 saturated heterocycles. The lowest BCUT2D eigenvalue weighted by atomic mass is 10.2. The van der Waals surface area contributed by atoms with E-state index in [-0.39, 0.29) is 0 Å². The number of aromatic nitrogens is 3. The summed E-state index contributed by atoms with van der Waals surface area (Å²) in [6.07, 6.45) is 0. The van der Waals surface area contributed by atoms with E-state index in [2.05, 4.69) is 29.4 Å². The maximum absolute atomic E-state index is 5.87. The zero-order valence-corrected chi connectivity index (χ0v) is 13.1. The molecule has 0 aliphatic carbocycles. The van der Waals surface area contributed by atoms with E-state index in [1.807, 2.05) is 47.1 Å². The first kappa shape index (κ1) is 15.2. The molecule has 0 bridgehead atoms. The van der Waals surface area contributed by atoms with Crippen LogP contribution in [0.25, 0.3) is 0 Å². The van der Waals surface area contributed by atoms with Gasteiger partial charge in [-0.05, 0) is 24.6 Å². The van der Waals surface area contributed by atoms with Crippen molar-refractivity contribution >= 4 is 0 Å². The van der Waals surface area contributed by atoms with Crippen molar-refractivity contribution in [2.24, 2.45) is 5.73 Å². The van der Waals surface area contributed by atoms with Gasteiger partial charge in [0.15, 0.2) is 0 Å². The van der Waals surface area contributed by atoms with Gasteiger partial charge >= 0.3 is 0 Å². The van der Waals surface area contributed by atoms with Crippen LogP contribution in [-0.2, 0) is 19.7 Å². The zero-order valence-electron chi connectivity index (χ0n) is 13.1. The Morgan fingerprint density at radius 1 is 1.04 bits per heavy atom. The van der Waals surface area contributed by atoms with Crippen LogP contribution >= 0.6 is 0 Å². The van der Waals surface area contributed by atoms with E-state index in [1.54, 1.807) is 0 Å². The summed E-state index contributed by atoms with van der Waals surface area (Å²) >= 11 is 0. The van der Waals surface area contributed by atoms with Crippen LogP contribution in [0.4, 0.5) is 0 Å². The number of ether oxygens (including phenoxy) is 1. The van der Waals surface area contributed by atoms with Gasteiger partial charge in [0.05, 0.1) is 6.54 Å². The van der Waals surface area contributed by atoms with Crippen molar-refractivity contribution in [3.8, 4) is 5.75 Å². The van der Waals surface area contributed by atoms with E-state index in [4.69, 9.17) is 10.5 Å². The van der Waals surface area contributed by atoms with Crippen LogP contribution in [0.15, 0.2) is 54.6 Å². The molecule has 0 spiro atoms. The molecule has 1 heterocycles. The molecule has 0 unspecified atom stereocenters. The molecule has 0 amide bonds. The minimum Gasteiger partial charge on any atom is -0.487 e. The first-order chi connectivity index (χ1) is 11.3. The van der Waals surface area contributed by atoms with Gasteiger partial charge in [0.1, 0.15) is 23.7 Å². The van der Waals surface area contributed by atoms with Crippen molar-refractivity contribution in [1.82, 2.24) is 15.0 Å². The van der Waals surface area contributed by atoms with E-state index in [0.717, 1.165) is 22.7 Å². The number of hydrogen-bond donors (Lipinski definition) is 1. The minimum absolute atomic E-state index is 0.349. The molecule has 0 aliphatic heterocycles. The predicted octanol–water partition coefficient (Wildman–Crippen LogP) is 2.67. The van der Waals surface area contributed by atoms with Crippen LogP contribution in [0, 0.1) is 6.92 Å². The van der Waals surface area contributed by atoms with Gasteiger partial charge in [-0.1, -0.05) is 53.2 Å². The van der Waals surface area contributed by atoms with Crippen molar-refractivity contribution in [2.45, 2.75) is 26.6 Å². The number of benzene rings is 2. The van der Waals surface area contributed by atoms with Crippen LogP contribution in [0.2, 0.25) is 0 Å². The SMILES string of the molecule is Cc1ccc(OCc2c(CN)nnn2Cc2ccccc2)cc1. The molecule has 3 aromatic rings. The van der Waals surface area contributed by atoms with E-state index < -0.39 is 0 Å². The Kier molecular flexibility index (Phi) is 4.68. The molecule has 5 heteroatoms. The summed E-state index contributed by atoms with van der Waals surface area (Å²) in [5.74, 6) is 0.825. The van der Waals surface area contributed by atoms with Crippen molar-refractivity contribution in [1.29, 1.82) is 0 Å². The number of hydrogen-bond acceptors (Lipinski definition) is 4. The molecule has 2 N–H and O–H groups in total. The first-order valence-electron chi connectivity index (χ1n) is 7.61. The van der Waals surface area contributed by atoms with Crippen molar-refractivity contribution < 1.29 is 4.74 Å². The molecular weight excluding hydrogens is 288 g/mol. The second kappa shape index (κ2) is 7.07. The summed E-state index contributed by atoms with van der Waals surface area (Å²) in [7, 11) is 0. The molecule has 1 aromatic heterocycles. The van der Waals surface area contributed by atoms with Gasteiger partial charge in [-0.3, -0.25) is 0 Å². The van der Waals surface area contributed by atoms with Crippen LogP contribution in [0.1, 0.15) is 22.5 Å². The maximum atomic E-state index is 5.87. The van der Waals surface area contributed by atoms with E-state index in [9.17, 15) is 0 Å². The molecule has 0 saturated carbocycles. The molecule has 3 rings (SSSR count). The molecule has 118 valence electrons. The summed E-state index contributed by atoms with van der Waals surface area (Å²) in [5, 5.41) is 8.38. The van der Waals surface area contributed by atoms with Gasteiger partial charge in [0.2, 0.25) is 0 Å². The molecule has 23 heavy (non-hydrogen) atoms. The lowest BCUT2D eigenvalue weighted by Gasteiger charge is -2.10. The van der Waals surface area contributed by atoms with Gasteiger partial charge in [-0.2, -0.15) is 0 Å². The molecule has 5 nitrogen and oxygen atoms in total. The largest absolute Gasteiger partial charge is 0.487 e. The molecule has 0 radical (unpaired) electrons. The van der Waals surface area contributed by atoms with Gasteiger partial charge in [-0.25, -0.2) is 4.68 Å². The molecule has 0 fully saturated rings. The van der Waals surface area contributed by atoms with E-state index in [1.165, 1.54) is 5.56 Å². The Balaban J connectivity index is 1.77. The third-order valence-corrected chi connectivity index (χ3v) is 3.68. The second-order valence-corrected chi connectivity index (χ2v) is 5.43. The highest BCUT2D eigenvalue weighted by Gasteiger charge is 2.13. The normalized spacial score (nSPS) is 10.7. The minimum atomic E-state index is 0.349. The third-order valence-electron chi connectivity index (χ3n) is 3.68. The van der Waals surface area contributed by atoms with Crippen molar-refractivity contribution in [2.75, 3.05) is 0 Å². The van der Waals surface area contributed by atoms with Crippen molar-refractivity contribution in [3.05, 3.63) is 77.1 Å². The Morgan fingerprint density at radius 2 is 1.78 bits per heavy atom. The van der Waals surface area contributed by atoms with E-state index in [0.29, 0.717) is 19.7 Å². The number of nitrogens with two attached hydrogens (primary N) is 1. The predicted molar refractivity (Wildman–Crippen MR) is 89.0 cm³/mol. The average molecular weight is 308 g/mol. The number of aryl methyl sites for hydroxylation is 1. The average Bonchev–Trinajstić information content (AvgIpc) is 2.97. The molecular formula is C18H20N4O. The van der Waals surface area contributed by atoms with Crippen LogP contribution < -0.4 is 10.5 Å². The highest BCUT2D eigenvalue weighted by Crippen LogP contribution is 2.15. The van der Waals surface area contributed by atoms with Gasteiger partial charge in [0.25, 0.3) is 0 Å². The quantitative estimate of drug-likeness (QED) is 0.760. The Bertz CT molecular complexity index is 750. The van der Waals surface area contributed by atoms with Gasteiger partial charge in [0, 0.05) is 6.54 Å². The second-order valence-electron chi connectivity index (χ2n) is 5.43. The van der Waals surface area contributed by atoms with Crippen LogP contribution in [0.5, 0.6) is 5.75 Å². The summed E-state index contributed by atoms with van der Waals surface area (Å²) in [6, 6.07) is 18.1. The first-order valence-corrected chi connectivity index (χ1v) is 7.61. The highest BCUT2D eigenvalue weighted by molar-refractivity contribution is 5.26. The van der Waals surface area contributed by atoms with Crippen LogP contribution in [-0.4, -0.2) is 15.0 Å². The van der Waals surface area contributed by atoms with Gasteiger partial charge < -0.3 is 10.5 Å². The molecule has 0 aliphatic rings. The Morgan fingerprint density at radius 3 is 2.48 bits per heavy atom. The summed E-state index contributed by atoms with van der Waals surface area (Å²) in [5.41, 5.74) is 9.83. The third kappa shape index (κ3) is 3.76. The van der Waals surface area contributed by atoms with Gasteiger partial charge in [-0.15, -0.1) is 5.10 Å². The molecule has 2 aromatic carbocycles. The maximum Gasteiger partial charge on any atom is 0.132 e. The monoisotopic (exact) mass is 308 g/mol. The summed E-state index contributed by atoms with van der Waals surface area (Å²) < 4.78 is 7.72. The standard InChI is InChI=1S/C18H20N4O/c1-14-7-9-16(10-8-14)23-13-18-17(11-19)20-21-22(18)12-15-5-3-2-4-6-15/h2-10H,11-13,19H2,1H3. The zero-order chi connectivity index (χ0) is 16.1. The fourth-order valence-electron chi connectivity index (χ4n) is 2.35. The number of rotatable bonds is 6. The number of nitrogens with zero attached hydrogens (tertiary/aromatic N) is 3. The lowest BCUT2D eigenvalue weighted by Crippen LogP contribution is -2.11. The highest BCUT2D eigenvalue weighted by atomic mass is 16.5. The summed E-state index contributed by atoms with van der Waals surface area (Å²) in [4.78, 5) is 0. The van der Waals surface area contributed by atoms with E-state index >= 15 is 0 Å². The smallest absolute Gasteiger partial charge is 0.132 e. The Labute approximate surface area is 135 Å². The topological polar surface area (TPSA) is 66.0 Å².